The Morgan fingerprint density at radius 2 is 1.77 bits per heavy atom. The number of piperidine rings is 3. The lowest BCUT2D eigenvalue weighted by Gasteiger charge is -2.35. The predicted octanol–water partition coefficient (Wildman–Crippen LogP) is 4.53. The highest BCUT2D eigenvalue weighted by Crippen LogP contribution is 2.38. The van der Waals surface area contributed by atoms with Crippen LogP contribution in [0, 0.1) is 11.7 Å². The molecule has 5 aromatic rings. The number of aromatic nitrogens is 6. The van der Waals surface area contributed by atoms with Crippen molar-refractivity contribution in [3.63, 3.8) is 0 Å². The number of anilines is 2. The zero-order valence-electron chi connectivity index (χ0n) is 35.2. The molecule has 17 nitrogen and oxygen atoms in total. The number of fused-ring (bicyclic) bond motifs is 2. The minimum Gasteiger partial charge on any atom is -0.384 e. The summed E-state index contributed by atoms with van der Waals surface area (Å²) in [5, 5.41) is 19.5. The first kappa shape index (κ1) is 41.7. The van der Waals surface area contributed by atoms with E-state index < -0.39 is 23.7 Å². The standard InChI is InChI=1S/C45H49FN12O5S/c46-35-21-30(20-33-34(35)23-57(44(33)63)41(43(62)51-45-47-13-19-64-45)40-37-2-1-14-56(37)26-49-40)36-24-58(53-52-36)32-11-17-55(18-12-32)39(60)25-54-15-9-28(10-16-54)27-3-6-31(7-4-27)48-22-29-5-8-38(59)50-42(29)61/h3-4,6-7,13,19-21,24,26,28-29,32,41,48H,1-2,5,8-12,14-18,22-23,25H2,(H,47,51,62)(H,50,59,61)/t29-,41?/m1/s1. The summed E-state index contributed by atoms with van der Waals surface area (Å²) < 4.78 is 19.7. The molecule has 0 spiro atoms. The Balaban J connectivity index is 0.717. The Hall–Kier alpha value is -6.34. The molecule has 1 unspecified atom stereocenters. The number of benzene rings is 2. The highest BCUT2D eigenvalue weighted by molar-refractivity contribution is 7.13. The van der Waals surface area contributed by atoms with Crippen molar-refractivity contribution >= 4 is 51.7 Å². The first-order valence-corrected chi connectivity index (χ1v) is 23.0. The monoisotopic (exact) mass is 888 g/mol. The molecule has 5 aliphatic rings. The summed E-state index contributed by atoms with van der Waals surface area (Å²) in [7, 11) is 0. The summed E-state index contributed by atoms with van der Waals surface area (Å²) in [5.74, 6) is -1.59. The maximum absolute atomic E-state index is 15.9. The van der Waals surface area contributed by atoms with Crippen molar-refractivity contribution in [2.24, 2.45) is 5.92 Å². The van der Waals surface area contributed by atoms with E-state index in [1.165, 1.54) is 27.9 Å². The second-order valence-corrected chi connectivity index (χ2v) is 18.3. The van der Waals surface area contributed by atoms with Gasteiger partial charge in [-0.3, -0.25) is 39.5 Å². The molecule has 5 aliphatic heterocycles. The van der Waals surface area contributed by atoms with E-state index in [-0.39, 0.29) is 47.4 Å². The lowest BCUT2D eigenvalue weighted by atomic mass is 9.89. The van der Waals surface area contributed by atoms with Gasteiger partial charge in [0.25, 0.3) is 11.8 Å². The zero-order chi connectivity index (χ0) is 43.9. The van der Waals surface area contributed by atoms with Gasteiger partial charge in [-0.25, -0.2) is 19.0 Å². The number of rotatable bonds is 12. The molecule has 64 heavy (non-hydrogen) atoms. The Kier molecular flexibility index (Phi) is 11.5. The van der Waals surface area contributed by atoms with E-state index in [1.54, 1.807) is 34.8 Å². The van der Waals surface area contributed by atoms with E-state index in [0.717, 1.165) is 56.7 Å². The van der Waals surface area contributed by atoms with Crippen molar-refractivity contribution in [2.45, 2.75) is 82.5 Å². The minimum atomic E-state index is -1.08. The number of thiazole rings is 1. The van der Waals surface area contributed by atoms with Crippen LogP contribution in [-0.4, -0.2) is 113 Å². The zero-order valence-corrected chi connectivity index (χ0v) is 36.1. The van der Waals surface area contributed by atoms with E-state index in [9.17, 15) is 24.0 Å². The Labute approximate surface area is 372 Å². The number of nitrogens with zero attached hydrogens (tertiary/aromatic N) is 9. The molecule has 332 valence electrons. The van der Waals surface area contributed by atoms with Gasteiger partial charge in [-0.15, -0.1) is 16.4 Å². The number of imide groups is 1. The van der Waals surface area contributed by atoms with Gasteiger partial charge >= 0.3 is 0 Å². The first-order valence-electron chi connectivity index (χ1n) is 22.1. The van der Waals surface area contributed by atoms with Gasteiger partial charge < -0.3 is 19.7 Å². The highest BCUT2D eigenvalue weighted by atomic mass is 32.1. The molecule has 2 atom stereocenters. The third-order valence-corrected chi connectivity index (χ3v) is 14.2. The second-order valence-electron chi connectivity index (χ2n) is 17.4. The lowest BCUT2D eigenvalue weighted by molar-refractivity contribution is -0.136. The van der Waals surface area contributed by atoms with Crippen LogP contribution in [0.15, 0.2) is 60.5 Å². The summed E-state index contributed by atoms with van der Waals surface area (Å²) in [6.45, 7) is 4.43. The number of amides is 5. The van der Waals surface area contributed by atoms with Crippen LogP contribution in [0.1, 0.15) is 95.8 Å². The topological polar surface area (TPSA) is 193 Å². The number of aryl methyl sites for hydroxylation is 1. The van der Waals surface area contributed by atoms with Crippen molar-refractivity contribution in [1.29, 1.82) is 0 Å². The average Bonchev–Trinajstić information content (AvgIpc) is 4.17. The molecule has 3 saturated heterocycles. The van der Waals surface area contributed by atoms with Gasteiger partial charge in [-0.1, -0.05) is 17.3 Å². The quantitative estimate of drug-likeness (QED) is 0.149. The number of hydrogen-bond acceptors (Lipinski definition) is 12. The SMILES string of the molecule is O=C1CC[C@H](CNc2ccc(C3CCN(CC(=O)N4CCC(n5cc(-c6cc(F)c7c(c6)C(=O)N(C(C(=O)Nc6nccs6)c6ncn8c6CCC8)C7)nn5)CC4)CC3)cc2)C(=O)N1. The van der Waals surface area contributed by atoms with Crippen LogP contribution < -0.4 is 16.0 Å². The minimum absolute atomic E-state index is 0.00483. The Morgan fingerprint density at radius 3 is 2.53 bits per heavy atom. The van der Waals surface area contributed by atoms with Crippen molar-refractivity contribution in [3.8, 4) is 11.3 Å². The predicted molar refractivity (Wildman–Crippen MR) is 233 cm³/mol. The van der Waals surface area contributed by atoms with Gasteiger partial charge in [-0.05, 0) is 93.8 Å². The van der Waals surface area contributed by atoms with Crippen molar-refractivity contribution in [3.05, 3.63) is 94.4 Å². The number of nitrogens with one attached hydrogen (secondary N) is 3. The summed E-state index contributed by atoms with van der Waals surface area (Å²) in [6, 6.07) is 10.3. The van der Waals surface area contributed by atoms with Crippen molar-refractivity contribution < 1.29 is 28.4 Å². The summed E-state index contributed by atoms with van der Waals surface area (Å²) in [6.07, 6.45) is 10.9. The number of likely N-dealkylation sites (tertiary alicyclic amines) is 2. The highest BCUT2D eigenvalue weighted by Gasteiger charge is 2.42. The van der Waals surface area contributed by atoms with Crippen LogP contribution >= 0.6 is 11.3 Å². The van der Waals surface area contributed by atoms with E-state index in [1.807, 2.05) is 21.6 Å². The molecule has 10 rings (SSSR count). The molecule has 2 aromatic carbocycles. The van der Waals surface area contributed by atoms with E-state index in [2.05, 4.69) is 53.3 Å². The molecule has 0 saturated carbocycles. The Morgan fingerprint density at radius 1 is 0.953 bits per heavy atom. The van der Waals surface area contributed by atoms with Crippen LogP contribution in [0.3, 0.4) is 0 Å². The average molecular weight is 889 g/mol. The Bertz CT molecular complexity index is 2580. The molecule has 0 radical (unpaired) electrons. The lowest BCUT2D eigenvalue weighted by Crippen LogP contribution is -2.46. The fourth-order valence-corrected chi connectivity index (χ4v) is 10.4. The number of imidazole rings is 1. The van der Waals surface area contributed by atoms with Gasteiger partial charge in [0.15, 0.2) is 11.2 Å². The maximum atomic E-state index is 15.9. The summed E-state index contributed by atoms with van der Waals surface area (Å²) in [4.78, 5) is 79.3. The fraction of sp³-hybridized carbons (Fsp3) is 0.444. The van der Waals surface area contributed by atoms with Gasteiger partial charge in [0, 0.05) is 72.2 Å². The second kappa shape index (κ2) is 17.7. The number of halogens is 1. The maximum Gasteiger partial charge on any atom is 0.255 e. The molecular weight excluding hydrogens is 840 g/mol. The molecule has 0 aliphatic carbocycles. The van der Waals surface area contributed by atoms with Crippen LogP contribution in [0.5, 0.6) is 0 Å². The van der Waals surface area contributed by atoms with E-state index in [0.29, 0.717) is 79.9 Å². The normalized spacial score (nSPS) is 20.0. The molecule has 3 aromatic heterocycles. The molecule has 0 bridgehead atoms. The van der Waals surface area contributed by atoms with E-state index in [4.69, 9.17) is 0 Å². The first-order chi connectivity index (χ1) is 31.1. The van der Waals surface area contributed by atoms with Gasteiger partial charge in [0.05, 0.1) is 43.3 Å². The summed E-state index contributed by atoms with van der Waals surface area (Å²) >= 11 is 1.27. The molecule has 5 amide bonds. The van der Waals surface area contributed by atoms with Crippen LogP contribution in [0.4, 0.5) is 15.2 Å². The molecule has 19 heteroatoms. The third kappa shape index (κ3) is 8.41. The van der Waals surface area contributed by atoms with Crippen LogP contribution in [-0.2, 0) is 38.7 Å². The molecule has 8 heterocycles. The summed E-state index contributed by atoms with van der Waals surface area (Å²) in [5.41, 5.74) is 4.83. The van der Waals surface area contributed by atoms with Crippen molar-refractivity contribution in [1.82, 2.24) is 49.5 Å². The molecular formula is C45H49FN12O5S. The fourth-order valence-electron chi connectivity index (χ4n) is 9.88. The van der Waals surface area contributed by atoms with Crippen LogP contribution in [0.25, 0.3) is 11.3 Å². The van der Waals surface area contributed by atoms with Crippen molar-refractivity contribution in [2.75, 3.05) is 49.9 Å². The van der Waals surface area contributed by atoms with Gasteiger partial charge in [0.1, 0.15) is 11.5 Å². The number of carbonyl (C=O) groups excluding carboxylic acids is 5. The largest absolute Gasteiger partial charge is 0.384 e. The van der Waals surface area contributed by atoms with Gasteiger partial charge in [0.2, 0.25) is 17.7 Å². The van der Waals surface area contributed by atoms with Gasteiger partial charge in [-0.2, -0.15) is 0 Å². The molecule has 3 fully saturated rings. The molecule has 3 N–H and O–H groups in total. The number of carbonyl (C=O) groups is 5. The van der Waals surface area contributed by atoms with E-state index >= 15 is 4.39 Å². The van der Waals surface area contributed by atoms with Crippen LogP contribution in [0.2, 0.25) is 0 Å². The number of hydrogen-bond donors (Lipinski definition) is 3. The third-order valence-electron chi connectivity index (χ3n) is 13.5. The smallest absolute Gasteiger partial charge is 0.255 e.